The van der Waals surface area contributed by atoms with Gasteiger partial charge in [-0.2, -0.15) is 0 Å². The summed E-state index contributed by atoms with van der Waals surface area (Å²) in [5, 5.41) is 0. The number of unbranched alkanes of at least 4 members (excludes halogenated alkanes) is 2. The average Bonchev–Trinajstić information content (AvgIpc) is 3.70. The molecule has 3 unspecified atom stereocenters. The van der Waals surface area contributed by atoms with Gasteiger partial charge in [0.25, 0.3) is 5.91 Å². The molecule has 4 aliphatic rings. The molecule has 6 rings (SSSR count). The quantitative estimate of drug-likeness (QED) is 0.181. The number of carbonyl (C=O) groups is 1. The van der Waals surface area contributed by atoms with Crippen LogP contribution in [0, 0.1) is 17.7 Å². The third-order valence-electron chi connectivity index (χ3n) is 8.96. The molecule has 4 fully saturated rings. The van der Waals surface area contributed by atoms with Crippen LogP contribution in [0.3, 0.4) is 0 Å². The predicted octanol–water partition coefficient (Wildman–Crippen LogP) is 7.67. The van der Waals surface area contributed by atoms with Crippen molar-refractivity contribution in [3.63, 3.8) is 0 Å². The van der Waals surface area contributed by atoms with Gasteiger partial charge in [0.05, 0.1) is 4.91 Å². The Hall–Kier alpha value is -1.96. The molecule has 2 aliphatic carbocycles. The number of thiocarbonyl (C=S) groups is 1. The van der Waals surface area contributed by atoms with Crippen LogP contribution in [-0.4, -0.2) is 45.7 Å². The number of likely N-dealkylation sites (tertiary alicyclic amines) is 1. The molecule has 2 bridgehead atoms. The molecule has 2 saturated heterocycles. The first-order valence-corrected chi connectivity index (χ1v) is 15.7. The number of aryl methyl sites for hydroxylation is 1. The van der Waals surface area contributed by atoms with Gasteiger partial charge in [-0.05, 0) is 119 Å². The lowest BCUT2D eigenvalue weighted by Gasteiger charge is -2.30. The topological polar surface area (TPSA) is 36.7 Å². The fourth-order valence-electron chi connectivity index (χ4n) is 6.94. The fourth-order valence-corrected chi connectivity index (χ4v) is 8.28. The summed E-state index contributed by atoms with van der Waals surface area (Å²) in [5.74, 6) is 2.56. The van der Waals surface area contributed by atoms with E-state index < -0.39 is 0 Å². The van der Waals surface area contributed by atoms with Gasteiger partial charge in [0.15, 0.2) is 0 Å². The monoisotopic (exact) mass is 552 g/mol. The second-order valence-electron chi connectivity index (χ2n) is 11.5. The van der Waals surface area contributed by atoms with Crippen LogP contribution in [0.15, 0.2) is 39.7 Å². The SMILES string of the molecule is O=C1/C(=C/c2oc(-c3ccc(F)cc3)cc2CCCCCN2CCCCC2)SC(=S)N1C1CC2CCC1C2. The minimum atomic E-state index is -0.265. The van der Waals surface area contributed by atoms with Gasteiger partial charge >= 0.3 is 0 Å². The maximum Gasteiger partial charge on any atom is 0.266 e. The molecule has 0 radical (unpaired) electrons. The third-order valence-corrected chi connectivity index (χ3v) is 10.3. The molecular weight excluding hydrogens is 515 g/mol. The van der Waals surface area contributed by atoms with Gasteiger partial charge in [-0.15, -0.1) is 0 Å². The summed E-state index contributed by atoms with van der Waals surface area (Å²) in [7, 11) is 0. The van der Waals surface area contributed by atoms with Crippen LogP contribution in [-0.2, 0) is 11.2 Å². The zero-order valence-corrected chi connectivity index (χ0v) is 23.6. The van der Waals surface area contributed by atoms with Crippen LogP contribution in [0.1, 0.15) is 75.5 Å². The molecule has 202 valence electrons. The van der Waals surface area contributed by atoms with Crippen molar-refractivity contribution >= 4 is 40.3 Å². The molecule has 4 nitrogen and oxygen atoms in total. The van der Waals surface area contributed by atoms with Crippen LogP contribution in [0.25, 0.3) is 17.4 Å². The first-order valence-electron chi connectivity index (χ1n) is 14.4. The van der Waals surface area contributed by atoms with E-state index in [4.69, 9.17) is 16.6 Å². The number of nitrogens with zero attached hydrogens (tertiary/aromatic N) is 2. The van der Waals surface area contributed by atoms with Crippen LogP contribution in [0.5, 0.6) is 0 Å². The average molecular weight is 553 g/mol. The van der Waals surface area contributed by atoms with E-state index in [1.165, 1.54) is 94.9 Å². The van der Waals surface area contributed by atoms with Crippen LogP contribution < -0.4 is 0 Å². The van der Waals surface area contributed by atoms with Crippen molar-refractivity contribution in [3.8, 4) is 11.3 Å². The molecule has 1 amide bonds. The zero-order chi connectivity index (χ0) is 26.1. The number of halogens is 1. The summed E-state index contributed by atoms with van der Waals surface area (Å²) in [4.78, 5) is 18.7. The van der Waals surface area contributed by atoms with Crippen LogP contribution in [0.4, 0.5) is 4.39 Å². The largest absolute Gasteiger partial charge is 0.456 e. The summed E-state index contributed by atoms with van der Waals surface area (Å²) in [5.41, 5.74) is 1.94. The molecule has 2 aromatic rings. The highest BCUT2D eigenvalue weighted by Crippen LogP contribution is 2.49. The number of fused-ring (bicyclic) bond motifs is 2. The number of furan rings is 1. The Bertz CT molecular complexity index is 1200. The van der Waals surface area contributed by atoms with Crippen molar-refractivity contribution in [3.05, 3.63) is 52.4 Å². The smallest absolute Gasteiger partial charge is 0.266 e. The van der Waals surface area contributed by atoms with Gasteiger partial charge < -0.3 is 9.32 Å². The lowest BCUT2D eigenvalue weighted by Crippen LogP contribution is -2.41. The van der Waals surface area contributed by atoms with E-state index >= 15 is 0 Å². The molecule has 0 spiro atoms. The van der Waals surface area contributed by atoms with Crippen LogP contribution >= 0.6 is 24.0 Å². The van der Waals surface area contributed by atoms with Crippen molar-refractivity contribution in [1.82, 2.24) is 9.80 Å². The van der Waals surface area contributed by atoms with E-state index in [9.17, 15) is 9.18 Å². The van der Waals surface area contributed by atoms with E-state index in [2.05, 4.69) is 11.0 Å². The Kier molecular flexibility index (Phi) is 8.05. The Morgan fingerprint density at radius 2 is 1.87 bits per heavy atom. The highest BCUT2D eigenvalue weighted by molar-refractivity contribution is 8.26. The first-order chi connectivity index (χ1) is 18.5. The van der Waals surface area contributed by atoms with Gasteiger partial charge in [-0.25, -0.2) is 4.39 Å². The van der Waals surface area contributed by atoms with E-state index in [1.54, 1.807) is 12.1 Å². The lowest BCUT2D eigenvalue weighted by atomic mass is 9.94. The molecule has 7 heteroatoms. The zero-order valence-electron chi connectivity index (χ0n) is 22.0. The molecule has 3 heterocycles. The number of hydrogen-bond donors (Lipinski definition) is 0. The van der Waals surface area contributed by atoms with Crippen LogP contribution in [0.2, 0.25) is 0 Å². The van der Waals surface area contributed by atoms with Crippen molar-refractivity contribution in [2.75, 3.05) is 19.6 Å². The maximum absolute atomic E-state index is 13.5. The van der Waals surface area contributed by atoms with Crippen molar-refractivity contribution in [2.45, 2.75) is 76.7 Å². The standard InChI is InChI=1S/C31H37FN2O2S2/c32-25-12-10-22(11-13-25)27-19-24(7-3-1-4-14-33-15-5-2-6-16-33)28(36-27)20-29-30(35)34(31(37)38-29)26-18-21-8-9-23(26)17-21/h10-13,19-21,23,26H,1-9,14-18H2/b29-20-. The number of benzene rings is 1. The second-order valence-corrected chi connectivity index (χ2v) is 13.2. The van der Waals surface area contributed by atoms with E-state index in [-0.39, 0.29) is 17.8 Å². The second kappa shape index (κ2) is 11.6. The van der Waals surface area contributed by atoms with E-state index in [1.807, 2.05) is 11.0 Å². The highest BCUT2D eigenvalue weighted by Gasteiger charge is 2.48. The summed E-state index contributed by atoms with van der Waals surface area (Å²) < 4.78 is 20.5. The third kappa shape index (κ3) is 5.66. The molecule has 0 N–H and O–H groups in total. The Balaban J connectivity index is 1.17. The van der Waals surface area contributed by atoms with E-state index in [0.29, 0.717) is 20.9 Å². The van der Waals surface area contributed by atoms with Gasteiger partial charge in [-0.1, -0.05) is 43.2 Å². The highest BCUT2D eigenvalue weighted by atomic mass is 32.2. The van der Waals surface area contributed by atoms with Crippen molar-refractivity contribution in [1.29, 1.82) is 0 Å². The molecule has 3 atom stereocenters. The number of hydrogen-bond acceptors (Lipinski definition) is 5. The molecule has 2 aliphatic heterocycles. The minimum absolute atomic E-state index is 0.0322. The summed E-state index contributed by atoms with van der Waals surface area (Å²) >= 11 is 7.11. The number of rotatable bonds is 9. The number of piperidine rings is 1. The van der Waals surface area contributed by atoms with Gasteiger partial charge in [-0.3, -0.25) is 9.69 Å². The maximum atomic E-state index is 13.5. The summed E-state index contributed by atoms with van der Waals surface area (Å²) in [6.07, 6.45) is 15.1. The Morgan fingerprint density at radius 3 is 2.61 bits per heavy atom. The number of carbonyl (C=O) groups excluding carboxylic acids is 1. The fraction of sp³-hybridized carbons (Fsp3) is 0.548. The van der Waals surface area contributed by atoms with Gasteiger partial charge in [0, 0.05) is 17.7 Å². The minimum Gasteiger partial charge on any atom is -0.456 e. The Morgan fingerprint density at radius 1 is 1.05 bits per heavy atom. The molecule has 38 heavy (non-hydrogen) atoms. The lowest BCUT2D eigenvalue weighted by molar-refractivity contribution is -0.124. The van der Waals surface area contributed by atoms with Gasteiger partial charge in [0.2, 0.25) is 0 Å². The summed E-state index contributed by atoms with van der Waals surface area (Å²) in [6.45, 7) is 3.67. The Labute approximate surface area is 235 Å². The number of amides is 1. The summed E-state index contributed by atoms with van der Waals surface area (Å²) in [6, 6.07) is 8.73. The first kappa shape index (κ1) is 26.3. The van der Waals surface area contributed by atoms with Crippen molar-refractivity contribution in [2.24, 2.45) is 11.8 Å². The predicted molar refractivity (Wildman–Crippen MR) is 156 cm³/mol. The van der Waals surface area contributed by atoms with Crippen molar-refractivity contribution < 1.29 is 13.6 Å². The van der Waals surface area contributed by atoms with E-state index in [0.717, 1.165) is 42.1 Å². The molecule has 1 aromatic carbocycles. The van der Waals surface area contributed by atoms with Gasteiger partial charge in [0.1, 0.15) is 21.7 Å². The molecular formula is C31H37FN2O2S2. The normalized spacial score (nSPS) is 26.8. The molecule has 1 aromatic heterocycles. The molecule has 2 saturated carbocycles. The number of thioether (sulfide) groups is 1.